The first-order valence-electron chi connectivity index (χ1n) is 9.04. The number of hydrogen-bond donors (Lipinski definition) is 2. The third-order valence-electron chi connectivity index (χ3n) is 4.14. The molecule has 1 amide bonds. The number of nitrogens with one attached hydrogen (secondary N) is 1. The zero-order chi connectivity index (χ0) is 22.5. The molecule has 9 nitrogen and oxygen atoms in total. The number of amides is 1. The predicted octanol–water partition coefficient (Wildman–Crippen LogP) is 4.21. The van der Waals surface area contributed by atoms with Crippen LogP contribution in [0.1, 0.15) is 17.4 Å². The van der Waals surface area contributed by atoms with Crippen LogP contribution in [0.5, 0.6) is 17.4 Å². The van der Waals surface area contributed by atoms with Crippen molar-refractivity contribution in [1.82, 2.24) is 15.0 Å². The van der Waals surface area contributed by atoms with E-state index in [1.54, 1.807) is 30.3 Å². The van der Waals surface area contributed by atoms with Crippen LogP contribution in [-0.2, 0) is 0 Å². The van der Waals surface area contributed by atoms with Gasteiger partial charge in [0.2, 0.25) is 5.88 Å². The number of para-hydroxylation sites is 1. The third-order valence-corrected chi connectivity index (χ3v) is 5.18. The molecule has 0 aliphatic heterocycles. The van der Waals surface area contributed by atoms with Crippen molar-refractivity contribution in [2.45, 2.75) is 6.92 Å². The molecule has 0 aliphatic rings. The number of ether oxygens (including phenoxy) is 3. The van der Waals surface area contributed by atoms with Gasteiger partial charge in [-0.15, -0.1) is 0 Å². The van der Waals surface area contributed by atoms with E-state index >= 15 is 0 Å². The predicted molar refractivity (Wildman–Crippen MR) is 120 cm³/mol. The Morgan fingerprint density at radius 1 is 1.13 bits per heavy atom. The van der Waals surface area contributed by atoms with Crippen LogP contribution in [0.25, 0.3) is 11.3 Å². The third kappa shape index (κ3) is 4.80. The Bertz CT molecular complexity index is 1110. The fourth-order valence-electron chi connectivity index (χ4n) is 2.81. The van der Waals surface area contributed by atoms with E-state index < -0.39 is 5.91 Å². The molecule has 3 N–H and O–H groups in total. The van der Waals surface area contributed by atoms with Crippen molar-refractivity contribution in [3.05, 3.63) is 45.8 Å². The molecular weight excluding hydrogens is 490 g/mol. The summed E-state index contributed by atoms with van der Waals surface area (Å²) in [6, 6.07) is 8.54. The first-order chi connectivity index (χ1) is 14.9. The van der Waals surface area contributed by atoms with E-state index in [0.717, 1.165) is 0 Å². The maximum atomic E-state index is 12.1. The molecule has 0 radical (unpaired) electrons. The quantitative estimate of drug-likeness (QED) is 0.464. The SMILES string of the molecule is CCOc1ccc(-c2nc(Cl)c(Br)nc2Nc2c(OC)cccc2OC)c(C(N)=O)n1. The van der Waals surface area contributed by atoms with E-state index in [-0.39, 0.29) is 28.2 Å². The first kappa shape index (κ1) is 22.6. The Morgan fingerprint density at radius 3 is 2.39 bits per heavy atom. The minimum atomic E-state index is -0.752. The Labute approximate surface area is 192 Å². The molecule has 3 rings (SSSR count). The van der Waals surface area contributed by atoms with Gasteiger partial charge in [0, 0.05) is 11.6 Å². The van der Waals surface area contributed by atoms with Crippen molar-refractivity contribution in [2.24, 2.45) is 5.73 Å². The summed E-state index contributed by atoms with van der Waals surface area (Å²) < 4.78 is 16.5. The minimum Gasteiger partial charge on any atom is -0.494 e. The van der Waals surface area contributed by atoms with Gasteiger partial charge in [0.25, 0.3) is 5.91 Å². The lowest BCUT2D eigenvalue weighted by atomic mass is 10.1. The van der Waals surface area contributed by atoms with Crippen LogP contribution in [0, 0.1) is 0 Å². The number of carbonyl (C=O) groups is 1. The molecule has 11 heteroatoms. The number of benzene rings is 1. The van der Waals surface area contributed by atoms with Crippen LogP contribution >= 0.6 is 27.5 Å². The maximum absolute atomic E-state index is 12.1. The number of pyridine rings is 1. The Balaban J connectivity index is 2.21. The molecule has 0 bridgehead atoms. The molecule has 0 saturated carbocycles. The van der Waals surface area contributed by atoms with Crippen molar-refractivity contribution < 1.29 is 19.0 Å². The fraction of sp³-hybridized carbons (Fsp3) is 0.200. The second-order valence-electron chi connectivity index (χ2n) is 6.01. The fourth-order valence-corrected chi connectivity index (χ4v) is 3.20. The number of anilines is 2. The molecule has 0 unspecified atom stereocenters. The Hall–Kier alpha value is -3.11. The number of halogens is 2. The topological polar surface area (TPSA) is 121 Å². The van der Waals surface area contributed by atoms with Gasteiger partial charge in [0.15, 0.2) is 11.0 Å². The highest BCUT2D eigenvalue weighted by Crippen LogP contribution is 2.40. The van der Waals surface area contributed by atoms with E-state index in [1.807, 2.05) is 6.92 Å². The summed E-state index contributed by atoms with van der Waals surface area (Å²) in [5.41, 5.74) is 6.63. The van der Waals surface area contributed by atoms with Crippen LogP contribution in [-0.4, -0.2) is 41.7 Å². The number of nitrogens with zero attached hydrogens (tertiary/aromatic N) is 3. The monoisotopic (exact) mass is 507 g/mol. The number of nitrogens with two attached hydrogens (primary N) is 1. The molecule has 0 aliphatic carbocycles. The number of hydrogen-bond acceptors (Lipinski definition) is 8. The summed E-state index contributed by atoms with van der Waals surface area (Å²) in [6.07, 6.45) is 0. The lowest BCUT2D eigenvalue weighted by molar-refractivity contribution is 0.0995. The second kappa shape index (κ2) is 9.80. The molecule has 0 fully saturated rings. The highest BCUT2D eigenvalue weighted by atomic mass is 79.9. The highest BCUT2D eigenvalue weighted by molar-refractivity contribution is 9.10. The van der Waals surface area contributed by atoms with E-state index in [9.17, 15) is 4.79 Å². The smallest absolute Gasteiger partial charge is 0.268 e. The number of aromatic nitrogens is 3. The molecule has 0 atom stereocenters. The average molecular weight is 509 g/mol. The zero-order valence-electron chi connectivity index (χ0n) is 16.9. The Kier molecular flexibility index (Phi) is 7.13. The maximum Gasteiger partial charge on any atom is 0.268 e. The number of rotatable bonds is 8. The zero-order valence-corrected chi connectivity index (χ0v) is 19.2. The van der Waals surface area contributed by atoms with Crippen LogP contribution in [0.2, 0.25) is 5.15 Å². The van der Waals surface area contributed by atoms with Gasteiger partial charge in [0.1, 0.15) is 33.2 Å². The van der Waals surface area contributed by atoms with Crippen molar-refractivity contribution >= 4 is 44.9 Å². The minimum absolute atomic E-state index is 0.0336. The Morgan fingerprint density at radius 2 is 1.81 bits per heavy atom. The summed E-state index contributed by atoms with van der Waals surface area (Å²) in [6.45, 7) is 2.19. The van der Waals surface area contributed by atoms with E-state index in [0.29, 0.717) is 34.0 Å². The van der Waals surface area contributed by atoms with Crippen LogP contribution in [0.15, 0.2) is 34.9 Å². The second-order valence-corrected chi connectivity index (χ2v) is 7.12. The van der Waals surface area contributed by atoms with Gasteiger partial charge in [0.05, 0.1) is 20.8 Å². The van der Waals surface area contributed by atoms with Crippen molar-refractivity contribution in [3.63, 3.8) is 0 Å². The molecule has 2 heterocycles. The van der Waals surface area contributed by atoms with Gasteiger partial charge < -0.3 is 25.3 Å². The highest BCUT2D eigenvalue weighted by Gasteiger charge is 2.22. The number of carbonyl (C=O) groups excluding carboxylic acids is 1. The van der Waals surface area contributed by atoms with Gasteiger partial charge in [-0.1, -0.05) is 17.7 Å². The number of primary amides is 1. The van der Waals surface area contributed by atoms with Gasteiger partial charge in [-0.25, -0.2) is 15.0 Å². The van der Waals surface area contributed by atoms with E-state index in [2.05, 4.69) is 36.2 Å². The van der Waals surface area contributed by atoms with E-state index in [4.69, 9.17) is 31.5 Å². The van der Waals surface area contributed by atoms with Gasteiger partial charge in [-0.05, 0) is 41.1 Å². The summed E-state index contributed by atoms with van der Waals surface area (Å²) in [5, 5.41) is 3.25. The molecular formula is C20H19BrClN5O4. The van der Waals surface area contributed by atoms with Crippen molar-refractivity contribution in [1.29, 1.82) is 0 Å². The summed E-state index contributed by atoms with van der Waals surface area (Å²) >= 11 is 9.49. The molecule has 31 heavy (non-hydrogen) atoms. The number of methoxy groups -OCH3 is 2. The van der Waals surface area contributed by atoms with Gasteiger partial charge >= 0.3 is 0 Å². The van der Waals surface area contributed by atoms with Crippen molar-refractivity contribution in [3.8, 4) is 28.6 Å². The molecule has 0 saturated heterocycles. The molecule has 1 aromatic carbocycles. The molecule has 2 aromatic heterocycles. The molecule has 3 aromatic rings. The first-order valence-corrected chi connectivity index (χ1v) is 10.2. The summed E-state index contributed by atoms with van der Waals surface area (Å²) in [5.74, 6) is 0.805. The van der Waals surface area contributed by atoms with Crippen molar-refractivity contribution in [2.75, 3.05) is 26.1 Å². The average Bonchev–Trinajstić information content (AvgIpc) is 2.76. The van der Waals surface area contributed by atoms with Gasteiger partial charge in [-0.3, -0.25) is 4.79 Å². The van der Waals surface area contributed by atoms with Crippen LogP contribution in [0.3, 0.4) is 0 Å². The van der Waals surface area contributed by atoms with Gasteiger partial charge in [-0.2, -0.15) is 0 Å². The summed E-state index contributed by atoms with van der Waals surface area (Å²) in [4.78, 5) is 25.2. The molecule has 162 valence electrons. The van der Waals surface area contributed by atoms with E-state index in [1.165, 1.54) is 14.2 Å². The molecule has 0 spiro atoms. The largest absolute Gasteiger partial charge is 0.494 e. The lowest BCUT2D eigenvalue weighted by Crippen LogP contribution is -2.16. The normalized spacial score (nSPS) is 10.5. The van der Waals surface area contributed by atoms with Crippen LogP contribution < -0.4 is 25.3 Å². The standard InChI is InChI=1S/C20H19BrClN5O4/c1-4-31-13-9-8-10(14(24-13)19(23)28)15-20(27-17(21)18(22)25-15)26-16-11(29-2)6-5-7-12(16)30-3/h5-9H,4H2,1-3H3,(H2,23,28)(H,26,27). The summed E-state index contributed by atoms with van der Waals surface area (Å²) in [7, 11) is 3.07. The van der Waals surface area contributed by atoms with Crippen LogP contribution in [0.4, 0.5) is 11.5 Å². The lowest BCUT2D eigenvalue weighted by Gasteiger charge is -2.17.